The molecule has 0 atom stereocenters. The molecule has 238 valence electrons. The van der Waals surface area contributed by atoms with Gasteiger partial charge in [-0.3, -0.25) is 14.3 Å². The van der Waals surface area contributed by atoms with Crippen molar-refractivity contribution in [2.45, 2.75) is 79.1 Å². The summed E-state index contributed by atoms with van der Waals surface area (Å²) < 4.78 is 38.0. The average Bonchev–Trinajstić information content (AvgIpc) is 3.31. The number of carboxylic acid groups (broad SMARTS) is 1. The van der Waals surface area contributed by atoms with Crippen LogP contribution in [0, 0.1) is 0 Å². The van der Waals surface area contributed by atoms with E-state index in [1.54, 1.807) is 30.3 Å². The number of ether oxygens (including phenoxy) is 1. The van der Waals surface area contributed by atoms with Crippen LogP contribution in [0.2, 0.25) is 0 Å². The molecule has 2 aromatic carbocycles. The summed E-state index contributed by atoms with van der Waals surface area (Å²) in [5, 5.41) is 8.02. The highest BCUT2D eigenvalue weighted by Gasteiger charge is 2.22. The number of hydrogen-bond acceptors (Lipinski definition) is 7. The van der Waals surface area contributed by atoms with Crippen LogP contribution in [0.15, 0.2) is 46.9 Å². The Kier molecular flexibility index (Phi) is 15.3. The quantitative estimate of drug-likeness (QED) is 0.114. The second-order valence-electron chi connectivity index (χ2n) is 10.7. The van der Waals surface area contributed by atoms with Crippen LogP contribution in [0.3, 0.4) is 0 Å². The van der Waals surface area contributed by atoms with Gasteiger partial charge >= 0.3 is 0 Å². The number of aryl methyl sites for hydroxylation is 1. The molecular formula is C33H48N2O7S. The second kappa shape index (κ2) is 18.3. The Morgan fingerprint density at radius 3 is 2.05 bits per heavy atom. The summed E-state index contributed by atoms with van der Waals surface area (Å²) >= 11 is 0. The van der Waals surface area contributed by atoms with Crippen LogP contribution >= 0.6 is 0 Å². The molecule has 0 saturated carbocycles. The Labute approximate surface area is 256 Å². The van der Waals surface area contributed by atoms with Crippen molar-refractivity contribution in [2.24, 2.45) is 0 Å². The number of fused-ring (bicyclic) bond motifs is 1. The number of carbonyl (C=O) groups excluding carboxylic acids is 1. The fraction of sp³-hybridized carbons (Fsp3) is 0.515. The van der Waals surface area contributed by atoms with E-state index in [2.05, 4.69) is 30.4 Å². The molecule has 3 aromatic rings. The third-order valence-electron chi connectivity index (χ3n) is 6.71. The molecule has 0 aliphatic rings. The molecule has 43 heavy (non-hydrogen) atoms. The summed E-state index contributed by atoms with van der Waals surface area (Å²) in [5.41, 5.74) is 1.99. The lowest BCUT2D eigenvalue weighted by Crippen LogP contribution is -2.28. The molecule has 0 amide bonds. The minimum Gasteiger partial charge on any atom is -0.494 e. The number of benzene rings is 2. The van der Waals surface area contributed by atoms with Crippen LogP contribution in [-0.2, 0) is 21.2 Å². The highest BCUT2D eigenvalue weighted by Crippen LogP contribution is 2.32. The van der Waals surface area contributed by atoms with Gasteiger partial charge in [0.25, 0.3) is 5.97 Å². The summed E-state index contributed by atoms with van der Waals surface area (Å²) in [6.45, 7) is 11.6. The smallest absolute Gasteiger partial charge is 0.300 e. The molecule has 10 heteroatoms. The Hall–Kier alpha value is -3.37. The van der Waals surface area contributed by atoms with Crippen LogP contribution in [0.5, 0.6) is 5.75 Å². The maximum absolute atomic E-state index is 13.7. The van der Waals surface area contributed by atoms with Crippen molar-refractivity contribution < 1.29 is 32.3 Å². The number of unbranched alkanes of at least 4 members (excludes halogenated alkanes) is 3. The first kappa shape index (κ1) is 35.8. The van der Waals surface area contributed by atoms with Gasteiger partial charge < -0.3 is 19.2 Å². The molecule has 3 rings (SSSR count). The van der Waals surface area contributed by atoms with Crippen LogP contribution in [0.25, 0.3) is 11.0 Å². The van der Waals surface area contributed by atoms with Crippen molar-refractivity contribution in [3.63, 3.8) is 0 Å². The Bertz CT molecular complexity index is 1390. The van der Waals surface area contributed by atoms with E-state index in [1.165, 1.54) is 25.7 Å². The lowest BCUT2D eigenvalue weighted by atomic mass is 9.98. The van der Waals surface area contributed by atoms with Crippen molar-refractivity contribution in [1.82, 2.24) is 4.90 Å². The van der Waals surface area contributed by atoms with Crippen LogP contribution in [-0.4, -0.2) is 62.7 Å². The normalized spacial score (nSPS) is 11.3. The SMILES string of the molecule is CC(=O)O.CCCCc1oc2ccc(NS(C)(=O)=O)cc2c1C(=O)c1ccc(OCCCN(CCCC)CCCC)cc1. The molecule has 9 nitrogen and oxygen atoms in total. The van der Waals surface area contributed by atoms with E-state index < -0.39 is 16.0 Å². The summed E-state index contributed by atoms with van der Waals surface area (Å²) in [5.74, 6) is 0.387. The largest absolute Gasteiger partial charge is 0.494 e. The van der Waals surface area contributed by atoms with Gasteiger partial charge in [0.1, 0.15) is 17.1 Å². The predicted octanol–water partition coefficient (Wildman–Crippen LogP) is 7.14. The monoisotopic (exact) mass is 616 g/mol. The van der Waals surface area contributed by atoms with Crippen LogP contribution < -0.4 is 9.46 Å². The first-order chi connectivity index (χ1) is 20.5. The topological polar surface area (TPSA) is 126 Å². The van der Waals surface area contributed by atoms with Crippen LogP contribution in [0.1, 0.15) is 94.3 Å². The summed E-state index contributed by atoms with van der Waals surface area (Å²) in [6, 6.07) is 12.3. The Balaban J connectivity index is 0.00000151. The van der Waals surface area contributed by atoms with Gasteiger partial charge in [0.15, 0.2) is 5.78 Å². The zero-order valence-corrected chi connectivity index (χ0v) is 27.1. The number of anilines is 1. The number of rotatable bonds is 18. The summed E-state index contributed by atoms with van der Waals surface area (Å²) in [7, 11) is -3.45. The van der Waals surface area contributed by atoms with Crippen molar-refractivity contribution in [3.8, 4) is 5.75 Å². The molecule has 0 saturated heterocycles. The molecule has 1 aromatic heterocycles. The summed E-state index contributed by atoms with van der Waals surface area (Å²) in [6.07, 6.45) is 9.40. The van der Waals surface area contributed by atoms with Gasteiger partial charge in [-0.1, -0.05) is 40.0 Å². The third-order valence-corrected chi connectivity index (χ3v) is 7.31. The maximum atomic E-state index is 13.7. The fourth-order valence-electron chi connectivity index (χ4n) is 4.61. The van der Waals surface area contributed by atoms with Crippen LogP contribution in [0.4, 0.5) is 5.69 Å². The van der Waals surface area contributed by atoms with Gasteiger partial charge in [-0.15, -0.1) is 0 Å². The third kappa shape index (κ3) is 12.8. The molecule has 0 unspecified atom stereocenters. The fourth-order valence-corrected chi connectivity index (χ4v) is 5.17. The number of hydrogen-bond donors (Lipinski definition) is 2. The molecular weight excluding hydrogens is 568 g/mol. The van der Waals surface area contributed by atoms with Gasteiger partial charge in [-0.25, -0.2) is 8.42 Å². The van der Waals surface area contributed by atoms with E-state index in [0.29, 0.717) is 46.6 Å². The molecule has 2 N–H and O–H groups in total. The van der Waals surface area contributed by atoms with E-state index in [4.69, 9.17) is 19.1 Å². The van der Waals surface area contributed by atoms with E-state index in [-0.39, 0.29) is 5.78 Å². The standard InChI is InChI=1S/C31H44N2O5S.C2H4O2/c1-5-8-12-29-30(27-23-25(32-39(4,35)36)15-18-28(27)38-29)31(34)24-13-16-26(17-14-24)37-22-11-21-33(19-9-6-2)20-10-7-3;1-2(3)4/h13-18,23,32H,5-12,19-22H2,1-4H3;1H3,(H,3,4). The number of nitrogens with zero attached hydrogens (tertiary/aromatic N) is 1. The van der Waals surface area contributed by atoms with E-state index in [9.17, 15) is 13.2 Å². The van der Waals surface area contributed by atoms with Crippen molar-refractivity contribution in [3.05, 3.63) is 59.4 Å². The van der Waals surface area contributed by atoms with Gasteiger partial charge in [0, 0.05) is 36.5 Å². The van der Waals surface area contributed by atoms with E-state index in [1.807, 2.05) is 12.1 Å². The van der Waals surface area contributed by atoms with Crippen molar-refractivity contribution in [1.29, 1.82) is 0 Å². The van der Waals surface area contributed by atoms with Gasteiger partial charge in [0.05, 0.1) is 18.4 Å². The molecule has 0 fully saturated rings. The molecule has 0 spiro atoms. The zero-order valence-electron chi connectivity index (χ0n) is 26.3. The van der Waals surface area contributed by atoms with E-state index >= 15 is 0 Å². The van der Waals surface area contributed by atoms with Gasteiger partial charge in [-0.05, 0) is 81.2 Å². The number of aliphatic carboxylic acids is 1. The molecule has 0 aliphatic carbocycles. The number of sulfonamides is 1. The summed E-state index contributed by atoms with van der Waals surface area (Å²) in [4.78, 5) is 25.2. The van der Waals surface area contributed by atoms with Gasteiger partial charge in [-0.2, -0.15) is 0 Å². The number of carboxylic acids is 1. The second-order valence-corrected chi connectivity index (χ2v) is 12.5. The van der Waals surface area contributed by atoms with Crippen molar-refractivity contribution in [2.75, 3.05) is 37.2 Å². The average molecular weight is 617 g/mol. The molecule has 0 aliphatic heterocycles. The molecule has 0 radical (unpaired) electrons. The van der Waals surface area contributed by atoms with Crippen molar-refractivity contribution >= 4 is 38.4 Å². The highest BCUT2D eigenvalue weighted by molar-refractivity contribution is 7.92. The van der Waals surface area contributed by atoms with E-state index in [0.717, 1.165) is 57.8 Å². The molecule has 0 bridgehead atoms. The molecule has 1 heterocycles. The number of furan rings is 1. The lowest BCUT2D eigenvalue weighted by molar-refractivity contribution is -0.134. The number of carbonyl (C=O) groups is 2. The minimum atomic E-state index is -3.45. The first-order valence-electron chi connectivity index (χ1n) is 15.2. The number of ketones is 1. The predicted molar refractivity (Wildman–Crippen MR) is 173 cm³/mol. The van der Waals surface area contributed by atoms with Gasteiger partial charge in [0.2, 0.25) is 10.0 Å². The number of nitrogens with one attached hydrogen (secondary N) is 1. The maximum Gasteiger partial charge on any atom is 0.300 e. The highest BCUT2D eigenvalue weighted by atomic mass is 32.2. The lowest BCUT2D eigenvalue weighted by Gasteiger charge is -2.21. The zero-order chi connectivity index (χ0) is 31.8. The Morgan fingerprint density at radius 1 is 0.907 bits per heavy atom. The minimum absolute atomic E-state index is 0.148. The first-order valence-corrected chi connectivity index (χ1v) is 17.1. The Morgan fingerprint density at radius 2 is 1.49 bits per heavy atom.